The summed E-state index contributed by atoms with van der Waals surface area (Å²) in [6.45, 7) is 3.44. The van der Waals surface area contributed by atoms with Crippen molar-refractivity contribution in [1.29, 1.82) is 0 Å². The first-order chi connectivity index (χ1) is 11.6. The molecule has 7 heteroatoms. The van der Waals surface area contributed by atoms with E-state index in [4.69, 9.17) is 0 Å². The molecule has 0 atom stereocenters. The minimum atomic E-state index is -0.0851. The summed E-state index contributed by atoms with van der Waals surface area (Å²) >= 11 is 1.87. The maximum absolute atomic E-state index is 12.1. The van der Waals surface area contributed by atoms with Crippen LogP contribution in [0.2, 0.25) is 0 Å². The van der Waals surface area contributed by atoms with Gasteiger partial charge in [-0.2, -0.15) is 11.8 Å². The number of benzene rings is 1. The van der Waals surface area contributed by atoms with E-state index in [-0.39, 0.29) is 11.9 Å². The fourth-order valence-electron chi connectivity index (χ4n) is 2.37. The number of nitrogens with zero attached hydrogens (tertiary/aromatic N) is 2. The van der Waals surface area contributed by atoms with E-state index in [2.05, 4.69) is 10.6 Å². The maximum Gasteiger partial charge on any atom is 0.317 e. The summed E-state index contributed by atoms with van der Waals surface area (Å²) in [5, 5.41) is 5.83. The molecule has 24 heavy (non-hydrogen) atoms. The Balaban J connectivity index is 1.83. The van der Waals surface area contributed by atoms with Gasteiger partial charge in [0.05, 0.1) is 0 Å². The third kappa shape index (κ3) is 6.05. The zero-order valence-electron chi connectivity index (χ0n) is 14.4. The van der Waals surface area contributed by atoms with Gasteiger partial charge in [-0.1, -0.05) is 12.1 Å². The van der Waals surface area contributed by atoms with Gasteiger partial charge < -0.3 is 20.4 Å². The maximum atomic E-state index is 12.1. The normalized spacial score (nSPS) is 14.5. The van der Waals surface area contributed by atoms with Gasteiger partial charge in [0.1, 0.15) is 0 Å². The number of thioether (sulfide) groups is 1. The molecule has 0 aliphatic carbocycles. The predicted octanol–water partition coefficient (Wildman–Crippen LogP) is 1.24. The highest BCUT2D eigenvalue weighted by Crippen LogP contribution is 2.10. The summed E-state index contributed by atoms with van der Waals surface area (Å²) in [7, 11) is 3.94. The highest BCUT2D eigenvalue weighted by molar-refractivity contribution is 7.99. The van der Waals surface area contributed by atoms with Crippen LogP contribution in [0.5, 0.6) is 0 Å². The number of rotatable bonds is 6. The molecule has 2 rings (SSSR count). The van der Waals surface area contributed by atoms with Crippen LogP contribution in [0.25, 0.3) is 0 Å². The molecule has 0 saturated carbocycles. The van der Waals surface area contributed by atoms with E-state index < -0.39 is 0 Å². The second kappa shape index (κ2) is 9.54. The monoisotopic (exact) mass is 350 g/mol. The van der Waals surface area contributed by atoms with Gasteiger partial charge in [-0.15, -0.1) is 0 Å². The molecule has 1 aliphatic rings. The van der Waals surface area contributed by atoms with Gasteiger partial charge in [-0.05, 0) is 31.8 Å². The molecule has 0 radical (unpaired) electrons. The Morgan fingerprint density at radius 3 is 2.67 bits per heavy atom. The molecule has 0 spiro atoms. The van der Waals surface area contributed by atoms with Crippen molar-refractivity contribution < 1.29 is 9.59 Å². The zero-order chi connectivity index (χ0) is 17.4. The third-order valence-corrected chi connectivity index (χ3v) is 4.72. The molecule has 1 heterocycles. The lowest BCUT2D eigenvalue weighted by molar-refractivity contribution is 0.0951. The van der Waals surface area contributed by atoms with Crippen LogP contribution < -0.4 is 10.6 Å². The third-order valence-electron chi connectivity index (χ3n) is 3.78. The molecule has 1 aromatic rings. The highest BCUT2D eigenvalue weighted by Gasteiger charge is 2.16. The number of carbonyl (C=O) groups excluding carboxylic acids is 2. The van der Waals surface area contributed by atoms with E-state index in [0.717, 1.165) is 36.7 Å². The van der Waals surface area contributed by atoms with E-state index in [1.807, 2.05) is 53.9 Å². The number of amides is 3. The Morgan fingerprint density at radius 1 is 1.21 bits per heavy atom. The van der Waals surface area contributed by atoms with Crippen molar-refractivity contribution in [3.05, 3.63) is 35.4 Å². The van der Waals surface area contributed by atoms with Crippen molar-refractivity contribution in [2.75, 3.05) is 51.8 Å². The lowest BCUT2D eigenvalue weighted by Gasteiger charge is -2.26. The predicted molar refractivity (Wildman–Crippen MR) is 98.5 cm³/mol. The number of carbonyl (C=O) groups is 2. The molecule has 2 N–H and O–H groups in total. The highest BCUT2D eigenvalue weighted by atomic mass is 32.2. The van der Waals surface area contributed by atoms with Crippen molar-refractivity contribution in [2.24, 2.45) is 0 Å². The quantitative estimate of drug-likeness (QED) is 0.810. The standard InChI is InChI=1S/C17H26N4O2S/c1-20(2)7-6-18-16(22)15-5-3-4-14(12-15)13-19-17(23)21-8-10-24-11-9-21/h3-5,12H,6-11,13H2,1-2H3,(H,18,22)(H,19,23). The van der Waals surface area contributed by atoms with E-state index in [1.165, 1.54) is 0 Å². The summed E-state index contributed by atoms with van der Waals surface area (Å²) in [6.07, 6.45) is 0. The second-order valence-electron chi connectivity index (χ2n) is 6.02. The van der Waals surface area contributed by atoms with E-state index >= 15 is 0 Å². The van der Waals surface area contributed by atoms with Crippen LogP contribution in [-0.2, 0) is 6.54 Å². The lowest BCUT2D eigenvalue weighted by Crippen LogP contribution is -2.44. The van der Waals surface area contributed by atoms with Crippen LogP contribution in [-0.4, -0.2) is 73.5 Å². The molecule has 1 saturated heterocycles. The Morgan fingerprint density at radius 2 is 1.96 bits per heavy atom. The summed E-state index contributed by atoms with van der Waals surface area (Å²) in [5.74, 6) is 1.91. The van der Waals surface area contributed by atoms with E-state index in [0.29, 0.717) is 18.7 Å². The van der Waals surface area contributed by atoms with Crippen molar-refractivity contribution >= 4 is 23.7 Å². The molecule has 1 aromatic carbocycles. The number of hydrogen-bond donors (Lipinski definition) is 2. The molecule has 6 nitrogen and oxygen atoms in total. The Bertz CT molecular complexity index is 559. The van der Waals surface area contributed by atoms with E-state index in [9.17, 15) is 9.59 Å². The second-order valence-corrected chi connectivity index (χ2v) is 7.24. The van der Waals surface area contributed by atoms with Crippen molar-refractivity contribution in [3.8, 4) is 0 Å². The van der Waals surface area contributed by atoms with Gasteiger partial charge >= 0.3 is 6.03 Å². The van der Waals surface area contributed by atoms with Crippen LogP contribution >= 0.6 is 11.8 Å². The molecule has 1 fully saturated rings. The summed E-state index contributed by atoms with van der Waals surface area (Å²) in [6, 6.07) is 7.36. The van der Waals surface area contributed by atoms with Crippen LogP contribution in [0.1, 0.15) is 15.9 Å². The minimum absolute atomic E-state index is 0.0314. The average molecular weight is 350 g/mol. The molecule has 3 amide bonds. The van der Waals surface area contributed by atoms with Crippen molar-refractivity contribution in [1.82, 2.24) is 20.4 Å². The smallest absolute Gasteiger partial charge is 0.317 e. The van der Waals surface area contributed by atoms with Crippen LogP contribution in [0.15, 0.2) is 24.3 Å². The molecule has 0 aromatic heterocycles. The first-order valence-corrected chi connectivity index (χ1v) is 9.34. The van der Waals surface area contributed by atoms with Gasteiger partial charge in [0.25, 0.3) is 5.91 Å². The lowest BCUT2D eigenvalue weighted by atomic mass is 10.1. The molecule has 1 aliphatic heterocycles. The molecule has 132 valence electrons. The van der Waals surface area contributed by atoms with Crippen LogP contribution in [0, 0.1) is 0 Å². The number of likely N-dealkylation sites (N-methyl/N-ethyl adjacent to an activating group) is 1. The van der Waals surface area contributed by atoms with E-state index in [1.54, 1.807) is 6.07 Å². The fraction of sp³-hybridized carbons (Fsp3) is 0.529. The summed E-state index contributed by atoms with van der Waals surface area (Å²) < 4.78 is 0. The van der Waals surface area contributed by atoms with Crippen LogP contribution in [0.3, 0.4) is 0 Å². The van der Waals surface area contributed by atoms with Gasteiger partial charge in [0.15, 0.2) is 0 Å². The molecule has 0 bridgehead atoms. The number of hydrogen-bond acceptors (Lipinski definition) is 4. The fourth-order valence-corrected chi connectivity index (χ4v) is 3.28. The molecular formula is C17H26N4O2S. The summed E-state index contributed by atoms with van der Waals surface area (Å²) in [4.78, 5) is 28.1. The first kappa shape index (κ1) is 18.6. The Hall–Kier alpha value is -1.73. The van der Waals surface area contributed by atoms with Crippen molar-refractivity contribution in [2.45, 2.75) is 6.54 Å². The summed E-state index contributed by atoms with van der Waals surface area (Å²) in [5.41, 5.74) is 1.55. The van der Waals surface area contributed by atoms with Gasteiger partial charge in [0, 0.05) is 49.8 Å². The Labute approximate surface area is 148 Å². The van der Waals surface area contributed by atoms with Crippen LogP contribution in [0.4, 0.5) is 4.79 Å². The van der Waals surface area contributed by atoms with Gasteiger partial charge in [0.2, 0.25) is 0 Å². The number of nitrogens with one attached hydrogen (secondary N) is 2. The van der Waals surface area contributed by atoms with Gasteiger partial charge in [-0.25, -0.2) is 4.79 Å². The van der Waals surface area contributed by atoms with Crippen molar-refractivity contribution in [3.63, 3.8) is 0 Å². The Kier molecular flexibility index (Phi) is 7.39. The molecular weight excluding hydrogens is 324 g/mol. The molecule has 0 unspecified atom stereocenters. The zero-order valence-corrected chi connectivity index (χ0v) is 15.2. The number of urea groups is 1. The minimum Gasteiger partial charge on any atom is -0.351 e. The first-order valence-electron chi connectivity index (χ1n) is 8.18. The topological polar surface area (TPSA) is 64.7 Å². The SMILES string of the molecule is CN(C)CCNC(=O)c1cccc(CNC(=O)N2CCSCC2)c1. The average Bonchev–Trinajstić information content (AvgIpc) is 2.60. The van der Waals surface area contributed by atoms with Gasteiger partial charge in [-0.3, -0.25) is 4.79 Å². The largest absolute Gasteiger partial charge is 0.351 e.